The van der Waals surface area contributed by atoms with E-state index in [0.717, 1.165) is 43.7 Å². The number of imide groups is 1. The highest BCUT2D eigenvalue weighted by molar-refractivity contribution is 9.10. The summed E-state index contributed by atoms with van der Waals surface area (Å²) in [6.07, 6.45) is 1.71. The molecule has 4 aromatic carbocycles. The Morgan fingerprint density at radius 1 is 0.889 bits per heavy atom. The Kier molecular flexibility index (Phi) is 7.11. The summed E-state index contributed by atoms with van der Waals surface area (Å²) in [7, 11) is 1.58. The van der Waals surface area contributed by atoms with Crippen molar-refractivity contribution in [1.82, 2.24) is 4.90 Å². The maximum Gasteiger partial charge on any atom is 0.293 e. The molecule has 5 nitrogen and oxygen atoms in total. The van der Waals surface area contributed by atoms with Gasteiger partial charge in [0.2, 0.25) is 0 Å². The Morgan fingerprint density at radius 3 is 2.47 bits per heavy atom. The first kappa shape index (κ1) is 24.2. The lowest BCUT2D eigenvalue weighted by molar-refractivity contribution is -0.123. The Bertz CT molecular complexity index is 1490. The number of amides is 2. The zero-order valence-corrected chi connectivity index (χ0v) is 21.8. The van der Waals surface area contributed by atoms with Gasteiger partial charge in [0, 0.05) is 4.47 Å². The van der Waals surface area contributed by atoms with Gasteiger partial charge in [-0.25, -0.2) is 0 Å². The number of thioether (sulfide) groups is 1. The number of nitrogens with zero attached hydrogens (tertiary/aromatic N) is 1. The lowest BCUT2D eigenvalue weighted by Gasteiger charge is -2.14. The molecule has 180 valence electrons. The number of benzene rings is 4. The van der Waals surface area contributed by atoms with Gasteiger partial charge in [0.15, 0.2) is 11.5 Å². The zero-order chi connectivity index (χ0) is 25.1. The number of hydrogen-bond donors (Lipinski definition) is 0. The van der Waals surface area contributed by atoms with Crippen molar-refractivity contribution in [3.05, 3.63) is 111 Å². The summed E-state index contributed by atoms with van der Waals surface area (Å²) in [5.41, 5.74) is 2.70. The molecule has 0 aliphatic carbocycles. The summed E-state index contributed by atoms with van der Waals surface area (Å²) in [6, 6.07) is 27.4. The van der Waals surface area contributed by atoms with Crippen LogP contribution < -0.4 is 9.47 Å². The van der Waals surface area contributed by atoms with Crippen molar-refractivity contribution in [1.29, 1.82) is 0 Å². The highest BCUT2D eigenvalue weighted by Gasteiger charge is 2.35. The van der Waals surface area contributed by atoms with Crippen LogP contribution in [0.1, 0.15) is 16.7 Å². The van der Waals surface area contributed by atoms with Crippen LogP contribution in [0.25, 0.3) is 16.8 Å². The van der Waals surface area contributed by atoms with Crippen molar-refractivity contribution in [2.24, 2.45) is 0 Å². The van der Waals surface area contributed by atoms with E-state index in [9.17, 15) is 9.59 Å². The number of ether oxygens (including phenoxy) is 2. The van der Waals surface area contributed by atoms with E-state index in [1.165, 1.54) is 4.90 Å². The van der Waals surface area contributed by atoms with Crippen LogP contribution in [0, 0.1) is 0 Å². The van der Waals surface area contributed by atoms with E-state index in [-0.39, 0.29) is 17.7 Å². The lowest BCUT2D eigenvalue weighted by atomic mass is 10.1. The molecular weight excluding hydrogens is 538 g/mol. The predicted octanol–water partition coefficient (Wildman–Crippen LogP) is 7.43. The number of carbonyl (C=O) groups excluding carboxylic acids is 2. The number of methoxy groups -OCH3 is 1. The molecule has 1 aliphatic heterocycles. The van der Waals surface area contributed by atoms with E-state index in [2.05, 4.69) is 34.1 Å². The van der Waals surface area contributed by atoms with Crippen molar-refractivity contribution in [2.75, 3.05) is 7.11 Å². The van der Waals surface area contributed by atoms with Gasteiger partial charge in [0.1, 0.15) is 6.61 Å². The minimum atomic E-state index is -0.309. The van der Waals surface area contributed by atoms with Crippen LogP contribution in [0.4, 0.5) is 4.79 Å². The fourth-order valence-corrected chi connectivity index (χ4v) is 5.30. The van der Waals surface area contributed by atoms with Gasteiger partial charge in [-0.3, -0.25) is 14.5 Å². The normalized spacial score (nSPS) is 14.6. The Morgan fingerprint density at radius 2 is 1.64 bits per heavy atom. The molecular formula is C29H22BrNO4S. The van der Waals surface area contributed by atoms with Crippen LogP contribution in [-0.2, 0) is 17.9 Å². The van der Waals surface area contributed by atoms with Gasteiger partial charge in [0.25, 0.3) is 11.1 Å². The number of fused-ring (bicyclic) bond motifs is 1. The minimum absolute atomic E-state index is 0.216. The molecule has 0 radical (unpaired) electrons. The van der Waals surface area contributed by atoms with Crippen LogP contribution >= 0.6 is 27.7 Å². The van der Waals surface area contributed by atoms with E-state index in [4.69, 9.17) is 9.47 Å². The smallest absolute Gasteiger partial charge is 0.293 e. The number of hydrogen-bond acceptors (Lipinski definition) is 5. The lowest BCUT2D eigenvalue weighted by Crippen LogP contribution is -2.27. The van der Waals surface area contributed by atoms with Crippen molar-refractivity contribution in [3.8, 4) is 11.5 Å². The Balaban J connectivity index is 1.33. The highest BCUT2D eigenvalue weighted by Crippen LogP contribution is 2.36. The van der Waals surface area contributed by atoms with E-state index in [1.54, 1.807) is 19.3 Å². The second-order valence-electron chi connectivity index (χ2n) is 8.20. The van der Waals surface area contributed by atoms with E-state index < -0.39 is 0 Å². The largest absolute Gasteiger partial charge is 0.493 e. The SMILES string of the molecule is COc1cc(/C=C2\SC(=O)N(Cc3ccccc3Br)C2=O)ccc1OCc1cccc2ccccc12. The summed E-state index contributed by atoms with van der Waals surface area (Å²) >= 11 is 4.42. The fraction of sp³-hybridized carbons (Fsp3) is 0.103. The van der Waals surface area contributed by atoms with Gasteiger partial charge < -0.3 is 9.47 Å². The van der Waals surface area contributed by atoms with Crippen molar-refractivity contribution in [3.63, 3.8) is 0 Å². The number of carbonyl (C=O) groups is 2. The van der Waals surface area contributed by atoms with Crippen molar-refractivity contribution < 1.29 is 19.1 Å². The third-order valence-corrected chi connectivity index (χ3v) is 7.59. The first-order valence-electron chi connectivity index (χ1n) is 11.3. The summed E-state index contributed by atoms with van der Waals surface area (Å²) < 4.78 is 12.5. The third kappa shape index (κ3) is 5.03. The fourth-order valence-electron chi connectivity index (χ4n) is 4.05. The molecule has 1 saturated heterocycles. The standard InChI is InChI=1S/C29H22BrNO4S/c1-34-26-15-19(13-14-25(26)35-18-22-10-6-9-20-7-2-4-11-23(20)22)16-27-28(32)31(29(33)36-27)17-21-8-3-5-12-24(21)30/h2-16H,17-18H2,1H3/b27-16-. The van der Waals surface area contributed by atoms with Gasteiger partial charge in [-0.1, -0.05) is 82.7 Å². The second-order valence-corrected chi connectivity index (χ2v) is 10.0. The first-order valence-corrected chi connectivity index (χ1v) is 12.9. The van der Waals surface area contributed by atoms with Gasteiger partial charge >= 0.3 is 0 Å². The topological polar surface area (TPSA) is 55.8 Å². The Labute approximate surface area is 221 Å². The van der Waals surface area contributed by atoms with E-state index in [1.807, 2.05) is 60.7 Å². The van der Waals surface area contributed by atoms with Gasteiger partial charge in [-0.05, 0) is 63.5 Å². The molecule has 0 spiro atoms. The van der Waals surface area contributed by atoms with Gasteiger partial charge in [0.05, 0.1) is 18.6 Å². The summed E-state index contributed by atoms with van der Waals surface area (Å²) in [4.78, 5) is 27.2. The molecule has 0 N–H and O–H groups in total. The van der Waals surface area contributed by atoms with Crippen LogP contribution in [0.15, 0.2) is 94.3 Å². The third-order valence-electron chi connectivity index (χ3n) is 5.91. The quantitative estimate of drug-likeness (QED) is 0.220. The first-order chi connectivity index (χ1) is 17.5. The average Bonchev–Trinajstić information content (AvgIpc) is 3.16. The predicted molar refractivity (Wildman–Crippen MR) is 147 cm³/mol. The number of halogens is 1. The van der Waals surface area contributed by atoms with E-state index in [0.29, 0.717) is 23.0 Å². The molecule has 7 heteroatoms. The molecule has 0 aromatic heterocycles. The molecule has 0 bridgehead atoms. The Hall–Kier alpha value is -3.55. The van der Waals surface area contributed by atoms with Crippen LogP contribution in [-0.4, -0.2) is 23.2 Å². The zero-order valence-electron chi connectivity index (χ0n) is 19.4. The molecule has 5 rings (SSSR count). The van der Waals surface area contributed by atoms with Crippen LogP contribution in [0.2, 0.25) is 0 Å². The molecule has 0 atom stereocenters. The van der Waals surface area contributed by atoms with Crippen molar-refractivity contribution in [2.45, 2.75) is 13.2 Å². The molecule has 0 unspecified atom stereocenters. The highest BCUT2D eigenvalue weighted by atomic mass is 79.9. The summed E-state index contributed by atoms with van der Waals surface area (Å²) in [5, 5.41) is 2.02. The maximum atomic E-state index is 13.0. The monoisotopic (exact) mass is 559 g/mol. The van der Waals surface area contributed by atoms with Crippen molar-refractivity contribution >= 4 is 55.7 Å². The molecule has 4 aromatic rings. The summed E-state index contributed by atoms with van der Waals surface area (Å²) in [5.74, 6) is 0.844. The van der Waals surface area contributed by atoms with E-state index >= 15 is 0 Å². The number of rotatable bonds is 7. The molecule has 2 amide bonds. The molecule has 1 aliphatic rings. The minimum Gasteiger partial charge on any atom is -0.493 e. The van der Waals surface area contributed by atoms with Crippen LogP contribution in [0.5, 0.6) is 11.5 Å². The average molecular weight is 560 g/mol. The maximum absolute atomic E-state index is 13.0. The molecule has 1 heterocycles. The van der Waals surface area contributed by atoms with Gasteiger partial charge in [-0.15, -0.1) is 0 Å². The molecule has 36 heavy (non-hydrogen) atoms. The summed E-state index contributed by atoms with van der Waals surface area (Å²) in [6.45, 7) is 0.610. The molecule has 0 saturated carbocycles. The second kappa shape index (κ2) is 10.6. The molecule has 1 fully saturated rings. The van der Waals surface area contributed by atoms with Gasteiger partial charge in [-0.2, -0.15) is 0 Å². The van der Waals surface area contributed by atoms with Crippen LogP contribution in [0.3, 0.4) is 0 Å².